The largest absolute Gasteiger partial charge is 0.455 e. The van der Waals surface area contributed by atoms with E-state index in [1.54, 1.807) is 24.3 Å². The molecule has 128 valence electrons. The number of halogens is 2. The van der Waals surface area contributed by atoms with Crippen molar-refractivity contribution in [3.63, 3.8) is 0 Å². The second kappa shape index (κ2) is 8.48. The smallest absolute Gasteiger partial charge is 0.321 e. The Morgan fingerprint density at radius 1 is 1.08 bits per heavy atom. The van der Waals surface area contributed by atoms with Gasteiger partial charge in [-0.1, -0.05) is 41.9 Å². The van der Waals surface area contributed by atoms with E-state index in [0.29, 0.717) is 10.6 Å². The molecule has 0 bridgehead atoms. The maximum absolute atomic E-state index is 12.3. The maximum Gasteiger partial charge on any atom is 0.321 e. The Morgan fingerprint density at radius 3 is 2.29 bits per heavy atom. The highest BCUT2D eigenvalue weighted by Gasteiger charge is 2.21. The number of ether oxygens (including phenoxy) is 1. The summed E-state index contributed by atoms with van der Waals surface area (Å²) in [5, 5.41) is 0.437. The summed E-state index contributed by atoms with van der Waals surface area (Å²) >= 11 is 11.2. The number of hydrogen-bond acceptors (Lipinski definition) is 4. The molecule has 0 aliphatic carbocycles. The summed E-state index contributed by atoms with van der Waals surface area (Å²) in [6.07, 6.45) is -0.778. The Balaban J connectivity index is 2.14. The minimum Gasteiger partial charge on any atom is -0.455 e. The van der Waals surface area contributed by atoms with Crippen molar-refractivity contribution in [2.75, 3.05) is 12.4 Å². The van der Waals surface area contributed by atoms with Crippen LogP contribution in [0.25, 0.3) is 0 Å². The van der Waals surface area contributed by atoms with E-state index in [-0.39, 0.29) is 17.3 Å². The lowest BCUT2D eigenvalue weighted by atomic mass is 10.1. The molecule has 0 saturated heterocycles. The molecule has 0 aliphatic heterocycles. The van der Waals surface area contributed by atoms with Crippen molar-refractivity contribution >= 4 is 39.2 Å². The Morgan fingerprint density at radius 2 is 1.71 bits per heavy atom. The molecule has 1 unspecified atom stereocenters. The Bertz CT molecular complexity index is 779. The lowest BCUT2D eigenvalue weighted by molar-refractivity contribution is -0.146. The molecule has 0 heterocycles. The molecule has 24 heavy (non-hydrogen) atoms. The van der Waals surface area contributed by atoms with Crippen LogP contribution in [0.1, 0.15) is 11.7 Å². The lowest BCUT2D eigenvalue weighted by Gasteiger charge is -2.18. The SMILES string of the molecule is O=C(CCl)OC(CNS(=O)(=O)c1ccc(Cl)cc1)c1ccccc1. The fourth-order valence-corrected chi connectivity index (χ4v) is 3.19. The van der Waals surface area contributed by atoms with Crippen LogP contribution in [0, 0.1) is 0 Å². The molecule has 0 spiro atoms. The molecule has 0 aliphatic rings. The summed E-state index contributed by atoms with van der Waals surface area (Å²) in [7, 11) is -3.76. The zero-order valence-electron chi connectivity index (χ0n) is 12.5. The van der Waals surface area contributed by atoms with Gasteiger partial charge in [-0.25, -0.2) is 13.1 Å². The fraction of sp³-hybridized carbons (Fsp3) is 0.188. The van der Waals surface area contributed by atoms with Gasteiger partial charge in [0, 0.05) is 5.02 Å². The average molecular weight is 388 g/mol. The van der Waals surface area contributed by atoms with Crippen molar-refractivity contribution in [2.24, 2.45) is 0 Å². The molecule has 0 saturated carbocycles. The zero-order chi connectivity index (χ0) is 17.6. The van der Waals surface area contributed by atoms with Gasteiger partial charge in [0.25, 0.3) is 0 Å². The van der Waals surface area contributed by atoms with E-state index in [9.17, 15) is 13.2 Å². The molecule has 8 heteroatoms. The minimum atomic E-state index is -3.76. The number of alkyl halides is 1. The van der Waals surface area contributed by atoms with Gasteiger partial charge in [-0.05, 0) is 29.8 Å². The summed E-state index contributed by atoms with van der Waals surface area (Å²) < 4.78 is 32.3. The van der Waals surface area contributed by atoms with Crippen LogP contribution in [0.4, 0.5) is 0 Å². The number of sulfonamides is 1. The monoisotopic (exact) mass is 387 g/mol. The third-order valence-electron chi connectivity index (χ3n) is 3.14. The zero-order valence-corrected chi connectivity index (χ0v) is 14.8. The van der Waals surface area contributed by atoms with E-state index < -0.39 is 22.1 Å². The van der Waals surface area contributed by atoms with Gasteiger partial charge < -0.3 is 4.74 Å². The van der Waals surface area contributed by atoms with Gasteiger partial charge in [0.2, 0.25) is 10.0 Å². The predicted molar refractivity (Wildman–Crippen MR) is 92.6 cm³/mol. The summed E-state index contributed by atoms with van der Waals surface area (Å²) in [6, 6.07) is 14.6. The molecule has 2 aromatic carbocycles. The molecule has 0 radical (unpaired) electrons. The number of carbonyl (C=O) groups is 1. The summed E-state index contributed by atoms with van der Waals surface area (Å²) in [4.78, 5) is 11.6. The second-order valence-electron chi connectivity index (χ2n) is 4.83. The topological polar surface area (TPSA) is 72.5 Å². The van der Waals surface area contributed by atoms with Crippen LogP contribution in [-0.4, -0.2) is 26.8 Å². The van der Waals surface area contributed by atoms with E-state index in [1.807, 2.05) is 6.07 Å². The van der Waals surface area contributed by atoms with E-state index >= 15 is 0 Å². The second-order valence-corrected chi connectivity index (χ2v) is 7.30. The summed E-state index contributed by atoms with van der Waals surface area (Å²) in [5.41, 5.74) is 0.662. The van der Waals surface area contributed by atoms with E-state index in [4.69, 9.17) is 27.9 Å². The highest BCUT2D eigenvalue weighted by atomic mass is 35.5. The first kappa shape index (κ1) is 18.7. The van der Waals surface area contributed by atoms with Crippen molar-refractivity contribution in [1.29, 1.82) is 0 Å². The number of hydrogen-bond donors (Lipinski definition) is 1. The molecule has 1 atom stereocenters. The quantitative estimate of drug-likeness (QED) is 0.584. The number of benzene rings is 2. The van der Waals surface area contributed by atoms with Crippen LogP contribution < -0.4 is 4.72 Å². The first-order valence-corrected chi connectivity index (χ1v) is 9.37. The molecule has 0 amide bonds. The van der Waals surface area contributed by atoms with Crippen molar-refractivity contribution in [3.05, 3.63) is 65.2 Å². The van der Waals surface area contributed by atoms with Crippen LogP contribution >= 0.6 is 23.2 Å². The van der Waals surface area contributed by atoms with Gasteiger partial charge in [0.05, 0.1) is 11.4 Å². The highest BCUT2D eigenvalue weighted by Crippen LogP contribution is 2.19. The standard InChI is InChI=1S/C16H15Cl2NO4S/c17-10-16(20)23-15(12-4-2-1-3-5-12)11-19-24(21,22)14-8-6-13(18)7-9-14/h1-9,15,19H,10-11H2. The molecular formula is C16H15Cl2NO4S. The van der Waals surface area contributed by atoms with Crippen LogP contribution in [0.2, 0.25) is 5.02 Å². The molecule has 0 fully saturated rings. The van der Waals surface area contributed by atoms with Crippen molar-refractivity contribution < 1.29 is 17.9 Å². The van der Waals surface area contributed by atoms with E-state index in [0.717, 1.165) is 0 Å². The maximum atomic E-state index is 12.3. The molecule has 1 N–H and O–H groups in total. The molecular weight excluding hydrogens is 373 g/mol. The number of esters is 1. The van der Waals surface area contributed by atoms with Crippen molar-refractivity contribution in [3.8, 4) is 0 Å². The van der Waals surface area contributed by atoms with Gasteiger partial charge >= 0.3 is 5.97 Å². The van der Waals surface area contributed by atoms with Gasteiger partial charge in [-0.3, -0.25) is 4.79 Å². The van der Waals surface area contributed by atoms with Gasteiger partial charge in [0.1, 0.15) is 12.0 Å². The van der Waals surface area contributed by atoms with Crippen molar-refractivity contribution in [2.45, 2.75) is 11.0 Å². The van der Waals surface area contributed by atoms with Crippen molar-refractivity contribution in [1.82, 2.24) is 4.72 Å². The van der Waals surface area contributed by atoms with Gasteiger partial charge in [-0.2, -0.15) is 0 Å². The minimum absolute atomic E-state index is 0.0716. The van der Waals surface area contributed by atoms with Gasteiger partial charge in [-0.15, -0.1) is 11.6 Å². The van der Waals surface area contributed by atoms with Crippen LogP contribution in [-0.2, 0) is 19.6 Å². The Hall–Kier alpha value is -1.60. The molecule has 0 aromatic heterocycles. The lowest BCUT2D eigenvalue weighted by Crippen LogP contribution is -2.30. The number of nitrogens with one attached hydrogen (secondary N) is 1. The Kier molecular flexibility index (Phi) is 6.62. The highest BCUT2D eigenvalue weighted by molar-refractivity contribution is 7.89. The first-order chi connectivity index (χ1) is 11.4. The van der Waals surface area contributed by atoms with Crippen LogP contribution in [0.3, 0.4) is 0 Å². The van der Waals surface area contributed by atoms with Crippen LogP contribution in [0.5, 0.6) is 0 Å². The predicted octanol–water partition coefficient (Wildman–Crippen LogP) is 3.14. The molecule has 2 aromatic rings. The average Bonchev–Trinajstić information content (AvgIpc) is 2.59. The van der Waals surface area contributed by atoms with Gasteiger partial charge in [0.15, 0.2) is 0 Å². The van der Waals surface area contributed by atoms with E-state index in [2.05, 4.69) is 4.72 Å². The fourth-order valence-electron chi connectivity index (χ4n) is 1.97. The number of carbonyl (C=O) groups excluding carboxylic acids is 1. The molecule has 2 rings (SSSR count). The summed E-state index contributed by atoms with van der Waals surface area (Å²) in [6.45, 7) is -0.113. The van der Waals surface area contributed by atoms with Crippen LogP contribution in [0.15, 0.2) is 59.5 Å². The normalized spacial score (nSPS) is 12.6. The third-order valence-corrected chi connectivity index (χ3v) is 5.05. The van der Waals surface area contributed by atoms with E-state index in [1.165, 1.54) is 24.3 Å². The first-order valence-electron chi connectivity index (χ1n) is 6.98. The Labute approximate surface area is 150 Å². The third kappa shape index (κ3) is 5.21. The molecule has 5 nitrogen and oxygen atoms in total. The summed E-state index contributed by atoms with van der Waals surface area (Å²) in [5.74, 6) is -0.941. The number of rotatable bonds is 7.